The number of halogens is 3. The molecular weight excluding hydrogens is 294 g/mol. The number of imidazole rings is 1. The normalized spacial score (nSPS) is 16.1. The summed E-state index contributed by atoms with van der Waals surface area (Å²) in [5, 5.41) is 0. The van der Waals surface area contributed by atoms with Crippen molar-refractivity contribution in [2.45, 2.75) is 45.1 Å². The monoisotopic (exact) mass is 312 g/mol. The van der Waals surface area contributed by atoms with Gasteiger partial charge in [-0.25, -0.2) is 13.8 Å². The second-order valence-electron chi connectivity index (χ2n) is 5.81. The van der Waals surface area contributed by atoms with Crippen LogP contribution >= 0.6 is 11.6 Å². The smallest absolute Gasteiger partial charge is 0.153 e. The summed E-state index contributed by atoms with van der Waals surface area (Å²) < 4.78 is 29.3. The van der Waals surface area contributed by atoms with Crippen LogP contribution in [0.5, 0.6) is 0 Å². The minimum Gasteiger partial charge on any atom is -0.328 e. The van der Waals surface area contributed by atoms with Gasteiger partial charge in [-0.3, -0.25) is 0 Å². The Kier molecular flexibility index (Phi) is 4.43. The van der Waals surface area contributed by atoms with E-state index in [1.807, 2.05) is 4.57 Å². The zero-order valence-corrected chi connectivity index (χ0v) is 12.7. The minimum absolute atomic E-state index is 0.253. The van der Waals surface area contributed by atoms with Crippen molar-refractivity contribution in [1.82, 2.24) is 9.55 Å². The Bertz CT molecular complexity index is 633. The van der Waals surface area contributed by atoms with Crippen molar-refractivity contribution in [2.24, 2.45) is 5.92 Å². The Balaban J connectivity index is 1.94. The zero-order valence-electron chi connectivity index (χ0n) is 11.9. The number of hydrogen-bond donors (Lipinski definition) is 0. The number of nitrogens with zero attached hydrogens (tertiary/aromatic N) is 2. The van der Waals surface area contributed by atoms with Crippen LogP contribution in [0.2, 0.25) is 0 Å². The molecule has 0 unspecified atom stereocenters. The van der Waals surface area contributed by atoms with Gasteiger partial charge in [0.1, 0.15) is 17.2 Å². The molecule has 0 atom stereocenters. The van der Waals surface area contributed by atoms with E-state index in [0.29, 0.717) is 17.8 Å². The fourth-order valence-electron chi connectivity index (χ4n) is 3.33. The van der Waals surface area contributed by atoms with Crippen molar-refractivity contribution in [1.29, 1.82) is 0 Å². The summed E-state index contributed by atoms with van der Waals surface area (Å²) in [4.78, 5) is 4.33. The molecule has 1 aliphatic rings. The molecule has 0 saturated heterocycles. The average Bonchev–Trinajstić information content (AvgIpc) is 3.05. The first-order chi connectivity index (χ1) is 10.2. The van der Waals surface area contributed by atoms with Crippen LogP contribution in [0.15, 0.2) is 12.1 Å². The molecule has 3 rings (SSSR count). The lowest BCUT2D eigenvalue weighted by molar-refractivity contribution is 0.457. The molecular formula is C16H19ClF2N2. The fourth-order valence-corrected chi connectivity index (χ4v) is 3.50. The van der Waals surface area contributed by atoms with E-state index in [2.05, 4.69) is 4.98 Å². The van der Waals surface area contributed by atoms with Crippen LogP contribution in [0.1, 0.15) is 37.9 Å². The number of aromatic nitrogens is 2. The van der Waals surface area contributed by atoms with E-state index in [9.17, 15) is 8.78 Å². The number of fused-ring (bicyclic) bond motifs is 1. The molecule has 0 aliphatic heterocycles. The summed E-state index contributed by atoms with van der Waals surface area (Å²) in [6.07, 6.45) is 6.74. The molecule has 1 fully saturated rings. The Labute approximate surface area is 128 Å². The highest BCUT2D eigenvalue weighted by atomic mass is 35.5. The predicted octanol–water partition coefficient (Wildman–Crippen LogP) is 4.68. The lowest BCUT2D eigenvalue weighted by Gasteiger charge is -2.12. The SMILES string of the molecule is Fc1cc(F)c2nc(CCCl)n(CCC3CCCC3)c2c1. The van der Waals surface area contributed by atoms with Crippen LogP contribution in [0, 0.1) is 17.6 Å². The van der Waals surface area contributed by atoms with Crippen LogP contribution < -0.4 is 0 Å². The molecule has 0 radical (unpaired) electrons. The molecule has 1 heterocycles. The first kappa shape index (κ1) is 14.8. The average molecular weight is 313 g/mol. The van der Waals surface area contributed by atoms with E-state index >= 15 is 0 Å². The quantitative estimate of drug-likeness (QED) is 0.733. The lowest BCUT2D eigenvalue weighted by atomic mass is 10.0. The Hall–Kier alpha value is -1.16. The number of benzene rings is 1. The summed E-state index contributed by atoms with van der Waals surface area (Å²) in [7, 11) is 0. The first-order valence-corrected chi connectivity index (χ1v) is 8.12. The highest BCUT2D eigenvalue weighted by Gasteiger charge is 2.18. The zero-order chi connectivity index (χ0) is 14.8. The van der Waals surface area contributed by atoms with E-state index in [4.69, 9.17) is 11.6 Å². The summed E-state index contributed by atoms with van der Waals surface area (Å²) in [6.45, 7) is 0.760. The highest BCUT2D eigenvalue weighted by molar-refractivity contribution is 6.17. The second kappa shape index (κ2) is 6.30. The maximum Gasteiger partial charge on any atom is 0.153 e. The van der Waals surface area contributed by atoms with Gasteiger partial charge >= 0.3 is 0 Å². The van der Waals surface area contributed by atoms with Gasteiger partial charge in [-0.05, 0) is 18.4 Å². The van der Waals surface area contributed by atoms with E-state index in [1.165, 1.54) is 31.7 Å². The van der Waals surface area contributed by atoms with Crippen molar-refractivity contribution >= 4 is 22.6 Å². The van der Waals surface area contributed by atoms with Gasteiger partial charge in [0.05, 0.1) is 5.52 Å². The number of aryl methyl sites for hydroxylation is 2. The van der Waals surface area contributed by atoms with E-state index in [0.717, 1.165) is 30.8 Å². The van der Waals surface area contributed by atoms with Gasteiger partial charge in [-0.1, -0.05) is 25.7 Å². The van der Waals surface area contributed by atoms with Gasteiger partial charge in [0.15, 0.2) is 5.82 Å². The Morgan fingerprint density at radius 1 is 1.24 bits per heavy atom. The number of alkyl halides is 1. The highest BCUT2D eigenvalue weighted by Crippen LogP contribution is 2.29. The summed E-state index contributed by atoms with van der Waals surface area (Å²) >= 11 is 5.81. The van der Waals surface area contributed by atoms with Crippen LogP contribution in [-0.2, 0) is 13.0 Å². The third-order valence-corrected chi connectivity index (χ3v) is 4.59. The summed E-state index contributed by atoms with van der Waals surface area (Å²) in [5.74, 6) is 0.753. The van der Waals surface area contributed by atoms with Gasteiger partial charge in [0.2, 0.25) is 0 Å². The van der Waals surface area contributed by atoms with Crippen LogP contribution in [-0.4, -0.2) is 15.4 Å². The van der Waals surface area contributed by atoms with Crippen molar-refractivity contribution in [3.05, 3.63) is 29.6 Å². The third-order valence-electron chi connectivity index (χ3n) is 4.41. The fraction of sp³-hybridized carbons (Fsp3) is 0.562. The minimum atomic E-state index is -0.597. The van der Waals surface area contributed by atoms with E-state index in [-0.39, 0.29) is 5.52 Å². The third kappa shape index (κ3) is 3.05. The van der Waals surface area contributed by atoms with Crippen molar-refractivity contribution < 1.29 is 8.78 Å². The van der Waals surface area contributed by atoms with Crippen molar-refractivity contribution in [3.63, 3.8) is 0 Å². The molecule has 0 amide bonds. The molecule has 5 heteroatoms. The van der Waals surface area contributed by atoms with E-state index < -0.39 is 11.6 Å². The standard InChI is InChI=1S/C16H19ClF2N2/c17-7-5-15-20-16-13(19)9-12(18)10-14(16)21(15)8-6-11-3-1-2-4-11/h9-11H,1-8H2. The molecule has 1 saturated carbocycles. The molecule has 2 nitrogen and oxygen atoms in total. The molecule has 0 bridgehead atoms. The molecule has 0 N–H and O–H groups in total. The van der Waals surface area contributed by atoms with Crippen LogP contribution in [0.25, 0.3) is 11.0 Å². The molecule has 0 spiro atoms. The maximum absolute atomic E-state index is 13.9. The molecule has 1 aromatic carbocycles. The molecule has 2 aromatic rings. The largest absolute Gasteiger partial charge is 0.328 e. The van der Waals surface area contributed by atoms with Gasteiger partial charge in [0.25, 0.3) is 0 Å². The van der Waals surface area contributed by atoms with Crippen LogP contribution in [0.3, 0.4) is 0 Å². The first-order valence-electron chi connectivity index (χ1n) is 7.59. The number of hydrogen-bond acceptors (Lipinski definition) is 1. The molecule has 114 valence electrons. The van der Waals surface area contributed by atoms with Gasteiger partial charge < -0.3 is 4.57 Å². The van der Waals surface area contributed by atoms with Crippen molar-refractivity contribution in [2.75, 3.05) is 5.88 Å². The topological polar surface area (TPSA) is 17.8 Å². The lowest BCUT2D eigenvalue weighted by Crippen LogP contribution is -2.08. The number of rotatable bonds is 5. The Morgan fingerprint density at radius 3 is 2.71 bits per heavy atom. The predicted molar refractivity (Wildman–Crippen MR) is 80.6 cm³/mol. The van der Waals surface area contributed by atoms with Crippen LogP contribution in [0.4, 0.5) is 8.78 Å². The van der Waals surface area contributed by atoms with E-state index in [1.54, 1.807) is 0 Å². The maximum atomic E-state index is 13.9. The van der Waals surface area contributed by atoms with Gasteiger partial charge in [0, 0.05) is 24.9 Å². The molecule has 21 heavy (non-hydrogen) atoms. The van der Waals surface area contributed by atoms with Gasteiger partial charge in [-0.2, -0.15) is 0 Å². The Morgan fingerprint density at radius 2 is 2.00 bits per heavy atom. The molecule has 1 aromatic heterocycles. The molecule has 1 aliphatic carbocycles. The summed E-state index contributed by atoms with van der Waals surface area (Å²) in [5.41, 5.74) is 0.800. The second-order valence-corrected chi connectivity index (χ2v) is 6.19. The van der Waals surface area contributed by atoms with Crippen molar-refractivity contribution in [3.8, 4) is 0 Å². The summed E-state index contributed by atoms with van der Waals surface area (Å²) in [6, 6.07) is 2.26. The van der Waals surface area contributed by atoms with Gasteiger partial charge in [-0.15, -0.1) is 11.6 Å².